The summed E-state index contributed by atoms with van der Waals surface area (Å²) in [6.45, 7) is 1.14. The summed E-state index contributed by atoms with van der Waals surface area (Å²) in [4.78, 5) is 25.0. The molecule has 7 heteroatoms. The molecular formula is C14H15ClN2O4. The molecule has 0 spiro atoms. The van der Waals surface area contributed by atoms with Crippen molar-refractivity contribution in [2.24, 2.45) is 0 Å². The smallest absolute Gasteiger partial charge is 0.337 e. The van der Waals surface area contributed by atoms with Crippen molar-refractivity contribution in [3.05, 3.63) is 28.8 Å². The molecule has 2 bridgehead atoms. The SMILES string of the molecule is O=C(O)c1cc(NC(=O)N2CC3CCC(C2)O3)ccc1Cl. The van der Waals surface area contributed by atoms with Crippen LogP contribution in [0.25, 0.3) is 0 Å². The number of urea groups is 1. The van der Waals surface area contributed by atoms with Crippen molar-refractivity contribution in [1.82, 2.24) is 4.90 Å². The molecule has 112 valence electrons. The highest BCUT2D eigenvalue weighted by Crippen LogP contribution is 2.27. The molecule has 2 aliphatic rings. The second-order valence-corrected chi connectivity index (χ2v) is 5.70. The molecule has 1 aromatic rings. The number of hydrogen-bond acceptors (Lipinski definition) is 3. The van der Waals surface area contributed by atoms with Gasteiger partial charge < -0.3 is 20.1 Å². The summed E-state index contributed by atoms with van der Waals surface area (Å²) in [5.74, 6) is -1.12. The molecule has 0 saturated carbocycles. The number of rotatable bonds is 2. The highest BCUT2D eigenvalue weighted by molar-refractivity contribution is 6.33. The zero-order chi connectivity index (χ0) is 15.0. The standard InChI is InChI=1S/C14H15ClN2O4/c15-12-4-1-8(5-11(12)13(18)19)16-14(20)17-6-9-2-3-10(7-17)21-9/h1,4-5,9-10H,2-3,6-7H2,(H,16,20)(H,18,19). The van der Waals surface area contributed by atoms with Crippen LogP contribution in [0.15, 0.2) is 18.2 Å². The van der Waals surface area contributed by atoms with E-state index in [9.17, 15) is 9.59 Å². The molecule has 2 heterocycles. The number of likely N-dealkylation sites (tertiary alicyclic amines) is 1. The Labute approximate surface area is 126 Å². The molecule has 21 heavy (non-hydrogen) atoms. The molecule has 2 atom stereocenters. The first kappa shape index (κ1) is 14.2. The van der Waals surface area contributed by atoms with E-state index in [4.69, 9.17) is 21.4 Å². The average molecular weight is 311 g/mol. The first-order valence-corrected chi connectivity index (χ1v) is 7.15. The van der Waals surface area contributed by atoms with Gasteiger partial charge >= 0.3 is 12.0 Å². The van der Waals surface area contributed by atoms with Gasteiger partial charge in [-0.1, -0.05) is 11.6 Å². The Morgan fingerprint density at radius 1 is 1.29 bits per heavy atom. The summed E-state index contributed by atoms with van der Waals surface area (Å²) in [5, 5.41) is 11.9. The second kappa shape index (κ2) is 5.54. The van der Waals surface area contributed by atoms with Gasteiger partial charge in [-0.25, -0.2) is 9.59 Å². The average Bonchev–Trinajstić information content (AvgIpc) is 2.79. The molecule has 0 aliphatic carbocycles. The Morgan fingerprint density at radius 3 is 2.57 bits per heavy atom. The number of anilines is 1. The highest BCUT2D eigenvalue weighted by atomic mass is 35.5. The number of carboxylic acids is 1. The molecule has 0 aromatic heterocycles. The quantitative estimate of drug-likeness (QED) is 0.879. The number of nitrogens with zero attached hydrogens (tertiary/aromatic N) is 1. The molecule has 2 saturated heterocycles. The molecule has 1 aromatic carbocycles. The molecule has 0 radical (unpaired) electrons. The van der Waals surface area contributed by atoms with Crippen LogP contribution in [0.5, 0.6) is 0 Å². The van der Waals surface area contributed by atoms with Crippen LogP contribution < -0.4 is 5.32 Å². The van der Waals surface area contributed by atoms with Crippen LogP contribution in [-0.4, -0.2) is 47.3 Å². The first-order chi connectivity index (χ1) is 10.0. The lowest BCUT2D eigenvalue weighted by molar-refractivity contribution is -0.0219. The number of amides is 2. The van der Waals surface area contributed by atoms with E-state index in [0.29, 0.717) is 18.8 Å². The number of fused-ring (bicyclic) bond motifs is 2. The predicted octanol–water partition coefficient (Wildman–Crippen LogP) is 2.43. The van der Waals surface area contributed by atoms with E-state index in [1.165, 1.54) is 12.1 Å². The van der Waals surface area contributed by atoms with Crippen LogP contribution in [0.4, 0.5) is 10.5 Å². The zero-order valence-corrected chi connectivity index (χ0v) is 12.0. The number of nitrogens with one attached hydrogen (secondary N) is 1. The molecule has 2 unspecified atom stereocenters. The van der Waals surface area contributed by atoms with Crippen LogP contribution in [-0.2, 0) is 4.74 Å². The normalized spacial score (nSPS) is 24.0. The maximum absolute atomic E-state index is 12.2. The molecule has 2 fully saturated rings. The third-order valence-electron chi connectivity index (χ3n) is 3.78. The van der Waals surface area contributed by atoms with Gasteiger partial charge in [-0.3, -0.25) is 0 Å². The van der Waals surface area contributed by atoms with E-state index in [0.717, 1.165) is 12.8 Å². The molecule has 2 N–H and O–H groups in total. The van der Waals surface area contributed by atoms with E-state index in [1.807, 2.05) is 0 Å². The van der Waals surface area contributed by atoms with Gasteiger partial charge in [-0.2, -0.15) is 0 Å². The fourth-order valence-corrected chi connectivity index (χ4v) is 2.95. The van der Waals surface area contributed by atoms with E-state index in [-0.39, 0.29) is 28.8 Å². The minimum Gasteiger partial charge on any atom is -0.478 e. The zero-order valence-electron chi connectivity index (χ0n) is 11.2. The Bertz CT molecular complexity index is 580. The highest BCUT2D eigenvalue weighted by Gasteiger charge is 2.35. The van der Waals surface area contributed by atoms with Crippen molar-refractivity contribution in [3.63, 3.8) is 0 Å². The summed E-state index contributed by atoms with van der Waals surface area (Å²) in [6, 6.07) is 4.16. The minimum absolute atomic E-state index is 0.0310. The molecule has 2 aliphatic heterocycles. The van der Waals surface area contributed by atoms with Crippen LogP contribution in [0.3, 0.4) is 0 Å². The number of hydrogen-bond donors (Lipinski definition) is 2. The number of morpholine rings is 1. The van der Waals surface area contributed by atoms with Crippen molar-refractivity contribution in [1.29, 1.82) is 0 Å². The Balaban J connectivity index is 1.70. The predicted molar refractivity (Wildman–Crippen MR) is 76.9 cm³/mol. The van der Waals surface area contributed by atoms with Crippen LogP contribution in [0, 0.1) is 0 Å². The maximum atomic E-state index is 12.2. The molecule has 6 nitrogen and oxygen atoms in total. The summed E-state index contributed by atoms with van der Waals surface area (Å²) < 4.78 is 5.68. The van der Waals surface area contributed by atoms with Gasteiger partial charge in [0.1, 0.15) is 0 Å². The fourth-order valence-electron chi connectivity index (χ4n) is 2.75. The number of benzene rings is 1. The third kappa shape index (κ3) is 2.96. The Morgan fingerprint density at radius 2 is 1.95 bits per heavy atom. The summed E-state index contributed by atoms with van der Waals surface area (Å²) in [7, 11) is 0. The van der Waals surface area contributed by atoms with Crippen LogP contribution >= 0.6 is 11.6 Å². The van der Waals surface area contributed by atoms with Gasteiger partial charge in [0.2, 0.25) is 0 Å². The van der Waals surface area contributed by atoms with E-state index in [2.05, 4.69) is 5.32 Å². The first-order valence-electron chi connectivity index (χ1n) is 6.77. The van der Waals surface area contributed by atoms with Crippen molar-refractivity contribution in [2.45, 2.75) is 25.0 Å². The van der Waals surface area contributed by atoms with Crippen molar-refractivity contribution in [2.75, 3.05) is 18.4 Å². The molecule has 2 amide bonds. The fraction of sp³-hybridized carbons (Fsp3) is 0.429. The summed E-state index contributed by atoms with van der Waals surface area (Å²) in [5.41, 5.74) is 0.386. The number of carbonyl (C=O) groups excluding carboxylic acids is 1. The van der Waals surface area contributed by atoms with E-state index in [1.54, 1.807) is 11.0 Å². The molecule has 3 rings (SSSR count). The maximum Gasteiger partial charge on any atom is 0.337 e. The van der Waals surface area contributed by atoms with E-state index >= 15 is 0 Å². The van der Waals surface area contributed by atoms with Crippen LogP contribution in [0.2, 0.25) is 5.02 Å². The molecular weight excluding hydrogens is 296 g/mol. The number of carbonyl (C=O) groups is 2. The van der Waals surface area contributed by atoms with Crippen molar-refractivity contribution in [3.8, 4) is 0 Å². The lowest BCUT2D eigenvalue weighted by Gasteiger charge is -2.32. The van der Waals surface area contributed by atoms with Gasteiger partial charge in [0, 0.05) is 18.8 Å². The Kier molecular flexibility index (Phi) is 3.73. The van der Waals surface area contributed by atoms with Crippen molar-refractivity contribution < 1.29 is 19.4 Å². The summed E-state index contributed by atoms with van der Waals surface area (Å²) in [6.07, 6.45) is 2.21. The van der Waals surface area contributed by atoms with Gasteiger partial charge in [0.05, 0.1) is 22.8 Å². The monoisotopic (exact) mass is 310 g/mol. The van der Waals surface area contributed by atoms with Gasteiger partial charge in [-0.05, 0) is 31.0 Å². The number of aromatic carboxylic acids is 1. The lowest BCUT2D eigenvalue weighted by atomic mass is 10.2. The minimum atomic E-state index is -1.12. The van der Waals surface area contributed by atoms with Gasteiger partial charge in [0.25, 0.3) is 0 Å². The summed E-state index contributed by atoms with van der Waals surface area (Å²) >= 11 is 5.80. The number of carboxylic acid groups (broad SMARTS) is 1. The lowest BCUT2D eigenvalue weighted by Crippen LogP contribution is -2.47. The number of ether oxygens (including phenoxy) is 1. The third-order valence-corrected chi connectivity index (χ3v) is 4.11. The largest absolute Gasteiger partial charge is 0.478 e. The van der Waals surface area contributed by atoms with Gasteiger partial charge in [-0.15, -0.1) is 0 Å². The topological polar surface area (TPSA) is 78.9 Å². The van der Waals surface area contributed by atoms with Gasteiger partial charge in [0.15, 0.2) is 0 Å². The van der Waals surface area contributed by atoms with E-state index < -0.39 is 5.97 Å². The number of halogens is 1. The second-order valence-electron chi connectivity index (χ2n) is 5.29. The Hall–Kier alpha value is -1.79. The van der Waals surface area contributed by atoms with Crippen LogP contribution in [0.1, 0.15) is 23.2 Å². The van der Waals surface area contributed by atoms with Crippen molar-refractivity contribution >= 4 is 29.3 Å².